The van der Waals surface area contributed by atoms with E-state index in [1.54, 1.807) is 20.8 Å². The zero-order valence-electron chi connectivity index (χ0n) is 17.9. The maximum absolute atomic E-state index is 13.2. The maximum Gasteiger partial charge on any atom is 0.408 e. The highest BCUT2D eigenvalue weighted by atomic mass is 32.1. The molecule has 0 aliphatic heterocycles. The number of aliphatic hydroxyl groups excluding tert-OH is 1. The highest BCUT2D eigenvalue weighted by Crippen LogP contribution is 2.36. The predicted octanol–water partition coefficient (Wildman–Crippen LogP) is 2.77. The molecule has 3 rings (SSSR count). The third-order valence-corrected chi connectivity index (χ3v) is 5.59. The van der Waals surface area contributed by atoms with Gasteiger partial charge >= 0.3 is 6.09 Å². The molecule has 0 spiro atoms. The van der Waals surface area contributed by atoms with Crippen LogP contribution in [0.4, 0.5) is 4.79 Å². The third-order valence-electron chi connectivity index (χ3n) is 4.64. The quantitative estimate of drug-likeness (QED) is 0.593. The Kier molecular flexibility index (Phi) is 6.97. The molecule has 1 aromatic carbocycles. The second-order valence-electron chi connectivity index (χ2n) is 8.18. The van der Waals surface area contributed by atoms with Gasteiger partial charge in [-0.15, -0.1) is 11.3 Å². The number of carbonyl (C=O) groups is 2. The third kappa shape index (κ3) is 5.62. The van der Waals surface area contributed by atoms with Crippen molar-refractivity contribution < 1.29 is 24.3 Å². The zero-order valence-corrected chi connectivity index (χ0v) is 18.7. The summed E-state index contributed by atoms with van der Waals surface area (Å²) in [6, 6.07) is 9.61. The summed E-state index contributed by atoms with van der Waals surface area (Å²) in [5, 5.41) is 22.0. The van der Waals surface area contributed by atoms with Gasteiger partial charge in [-0.05, 0) is 43.3 Å². The van der Waals surface area contributed by atoms with Crippen LogP contribution in [0.1, 0.15) is 42.8 Å². The molecule has 3 unspecified atom stereocenters. The van der Waals surface area contributed by atoms with E-state index in [-0.39, 0.29) is 6.42 Å². The number of carbonyl (C=O) groups excluding carboxylic acids is 2. The van der Waals surface area contributed by atoms with Crippen molar-refractivity contribution in [3.8, 4) is 0 Å². The molecule has 1 aromatic heterocycles. The number of thiophene rings is 1. The molecule has 8 nitrogen and oxygen atoms in total. The lowest BCUT2D eigenvalue weighted by Crippen LogP contribution is -2.51. The number of oxime groups is 1. The topological polar surface area (TPSA) is 109 Å². The highest BCUT2D eigenvalue weighted by Gasteiger charge is 2.40. The molecule has 0 bridgehead atoms. The molecule has 2 amide bonds. The standard InChI is InChI=1S/C22H27N3O5S/c1-22(2,3)30-21(28)23-15(12-13-8-6-5-7-9-13)20(27)24-16-14-10-11-31-19(14)17(18(16)26)25-29-4/h5-11,15-16,18,26H,12H2,1-4H3,(H,23,28)(H,24,27)/b25-17+. The largest absolute Gasteiger partial charge is 0.444 e. The summed E-state index contributed by atoms with van der Waals surface area (Å²) in [6.07, 6.45) is -1.47. The number of benzene rings is 1. The number of amides is 2. The number of rotatable bonds is 6. The summed E-state index contributed by atoms with van der Waals surface area (Å²) in [7, 11) is 1.40. The van der Waals surface area contributed by atoms with Crippen LogP contribution in [0.3, 0.4) is 0 Å². The van der Waals surface area contributed by atoms with Crippen molar-refractivity contribution in [3.63, 3.8) is 0 Å². The van der Waals surface area contributed by atoms with Gasteiger partial charge in [-0.2, -0.15) is 0 Å². The first-order valence-corrected chi connectivity index (χ1v) is 10.8. The molecule has 1 aliphatic rings. The Balaban J connectivity index is 1.79. The Bertz CT molecular complexity index is 952. The minimum Gasteiger partial charge on any atom is -0.444 e. The number of nitrogens with one attached hydrogen (secondary N) is 2. The maximum atomic E-state index is 13.2. The van der Waals surface area contributed by atoms with Gasteiger partial charge in [-0.3, -0.25) is 4.79 Å². The summed E-state index contributed by atoms with van der Waals surface area (Å²) in [4.78, 5) is 31.2. The molecule has 3 atom stereocenters. The number of ether oxygens (including phenoxy) is 1. The Morgan fingerprint density at radius 1 is 1.23 bits per heavy atom. The highest BCUT2D eigenvalue weighted by molar-refractivity contribution is 7.12. The van der Waals surface area contributed by atoms with Gasteiger partial charge in [0.25, 0.3) is 0 Å². The molecule has 0 saturated carbocycles. The molecule has 0 fully saturated rings. The first-order valence-electron chi connectivity index (χ1n) is 9.90. The van der Waals surface area contributed by atoms with Gasteiger partial charge in [0.1, 0.15) is 30.6 Å². The molecule has 31 heavy (non-hydrogen) atoms. The molecule has 2 aromatic rings. The minimum atomic E-state index is -1.05. The van der Waals surface area contributed by atoms with E-state index >= 15 is 0 Å². The van der Waals surface area contributed by atoms with Crippen molar-refractivity contribution in [1.29, 1.82) is 0 Å². The van der Waals surface area contributed by atoms with Crippen LogP contribution in [0, 0.1) is 0 Å². The zero-order chi connectivity index (χ0) is 22.6. The Labute approximate surface area is 185 Å². The van der Waals surface area contributed by atoms with Crippen molar-refractivity contribution in [3.05, 3.63) is 57.8 Å². The fraction of sp³-hybridized carbons (Fsp3) is 0.409. The van der Waals surface area contributed by atoms with E-state index < -0.39 is 35.8 Å². The average Bonchev–Trinajstić information content (AvgIpc) is 3.25. The molecular formula is C22H27N3O5S. The van der Waals surface area contributed by atoms with Gasteiger partial charge in [0.2, 0.25) is 5.91 Å². The molecule has 1 aliphatic carbocycles. The molecule has 3 N–H and O–H groups in total. The fourth-order valence-corrected chi connectivity index (χ4v) is 4.31. The Hall–Kier alpha value is -2.91. The van der Waals surface area contributed by atoms with Crippen LogP contribution in [-0.2, 0) is 20.8 Å². The number of hydrogen-bond donors (Lipinski definition) is 3. The Morgan fingerprint density at radius 3 is 2.58 bits per heavy atom. The number of hydrogen-bond acceptors (Lipinski definition) is 7. The van der Waals surface area contributed by atoms with E-state index in [1.807, 2.05) is 41.8 Å². The average molecular weight is 446 g/mol. The lowest BCUT2D eigenvalue weighted by atomic mass is 10.0. The van der Waals surface area contributed by atoms with Gasteiger partial charge in [0.15, 0.2) is 0 Å². The first-order chi connectivity index (χ1) is 14.7. The van der Waals surface area contributed by atoms with Crippen LogP contribution in [0.2, 0.25) is 0 Å². The molecular weight excluding hydrogens is 418 g/mol. The van der Waals surface area contributed by atoms with Gasteiger partial charge in [-0.1, -0.05) is 35.5 Å². The van der Waals surface area contributed by atoms with Crippen molar-refractivity contribution in [2.75, 3.05) is 7.11 Å². The van der Waals surface area contributed by atoms with E-state index in [4.69, 9.17) is 9.57 Å². The SMILES string of the molecule is CO/N=C1/c2sccc2C(NC(=O)C(Cc2ccccc2)NC(=O)OC(C)(C)C)C1O. The van der Waals surface area contributed by atoms with Crippen molar-refractivity contribution in [2.45, 2.75) is 51.0 Å². The lowest BCUT2D eigenvalue weighted by molar-refractivity contribution is -0.124. The lowest BCUT2D eigenvalue weighted by Gasteiger charge is -2.25. The molecule has 9 heteroatoms. The van der Waals surface area contributed by atoms with E-state index in [2.05, 4.69) is 15.8 Å². The van der Waals surface area contributed by atoms with Crippen molar-refractivity contribution in [2.24, 2.45) is 5.16 Å². The van der Waals surface area contributed by atoms with Gasteiger partial charge in [0.05, 0.1) is 10.9 Å². The van der Waals surface area contributed by atoms with E-state index in [0.29, 0.717) is 5.71 Å². The monoisotopic (exact) mass is 445 g/mol. The van der Waals surface area contributed by atoms with Crippen LogP contribution in [0.25, 0.3) is 0 Å². The van der Waals surface area contributed by atoms with Gasteiger partial charge in [0, 0.05) is 6.42 Å². The number of fused-ring (bicyclic) bond motifs is 1. The van der Waals surface area contributed by atoms with Gasteiger partial charge < -0.3 is 25.3 Å². The van der Waals surface area contributed by atoms with E-state index in [9.17, 15) is 14.7 Å². The summed E-state index contributed by atoms with van der Waals surface area (Å²) in [5.74, 6) is -0.436. The summed E-state index contributed by atoms with van der Waals surface area (Å²) in [6.45, 7) is 5.26. The molecule has 0 radical (unpaired) electrons. The van der Waals surface area contributed by atoms with Crippen LogP contribution >= 0.6 is 11.3 Å². The summed E-state index contributed by atoms with van der Waals surface area (Å²) < 4.78 is 5.33. The van der Waals surface area contributed by atoms with E-state index in [0.717, 1.165) is 16.0 Å². The normalized spacial score (nSPS) is 20.1. The number of nitrogens with zero attached hydrogens (tertiary/aromatic N) is 1. The summed E-state index contributed by atoms with van der Waals surface area (Å²) in [5.41, 5.74) is 1.31. The molecule has 1 heterocycles. The minimum absolute atomic E-state index is 0.268. The first kappa shape index (κ1) is 22.8. The van der Waals surface area contributed by atoms with Crippen LogP contribution in [-0.4, -0.2) is 47.7 Å². The second kappa shape index (κ2) is 9.49. The predicted molar refractivity (Wildman–Crippen MR) is 118 cm³/mol. The van der Waals surface area contributed by atoms with Crippen LogP contribution < -0.4 is 10.6 Å². The van der Waals surface area contributed by atoms with Gasteiger partial charge in [-0.25, -0.2) is 4.79 Å². The van der Waals surface area contributed by atoms with Crippen LogP contribution in [0.5, 0.6) is 0 Å². The molecule has 0 saturated heterocycles. The van der Waals surface area contributed by atoms with E-state index in [1.165, 1.54) is 18.4 Å². The van der Waals surface area contributed by atoms with Crippen LogP contribution in [0.15, 0.2) is 46.9 Å². The van der Waals surface area contributed by atoms with Crippen molar-refractivity contribution in [1.82, 2.24) is 10.6 Å². The number of aliphatic hydroxyl groups is 1. The number of alkyl carbamates (subject to hydrolysis) is 1. The Morgan fingerprint density at radius 2 is 1.94 bits per heavy atom. The second-order valence-corrected chi connectivity index (χ2v) is 9.10. The van der Waals surface area contributed by atoms with Crippen molar-refractivity contribution >= 4 is 29.0 Å². The molecule has 166 valence electrons. The smallest absolute Gasteiger partial charge is 0.408 e. The fourth-order valence-electron chi connectivity index (χ4n) is 3.35. The summed E-state index contributed by atoms with van der Waals surface area (Å²) >= 11 is 1.41.